The van der Waals surface area contributed by atoms with Crippen LogP contribution in [-0.4, -0.2) is 35.8 Å². The minimum atomic E-state index is -0.339. The van der Waals surface area contributed by atoms with Crippen molar-refractivity contribution in [2.24, 2.45) is 5.73 Å². The topological polar surface area (TPSA) is 88.6 Å². The summed E-state index contributed by atoms with van der Waals surface area (Å²) < 4.78 is 5.09. The van der Waals surface area contributed by atoms with Gasteiger partial charge in [-0.25, -0.2) is 0 Å². The molecule has 7 heteroatoms. The van der Waals surface area contributed by atoms with E-state index in [1.165, 1.54) is 6.26 Å². The Morgan fingerprint density at radius 3 is 2.84 bits per heavy atom. The molecule has 0 aliphatic carbocycles. The van der Waals surface area contributed by atoms with E-state index in [0.717, 1.165) is 24.9 Å². The Morgan fingerprint density at radius 1 is 1.36 bits per heavy atom. The number of nitrogens with zero attached hydrogens (tertiary/aromatic N) is 1. The van der Waals surface area contributed by atoms with Crippen LogP contribution >= 0.6 is 12.4 Å². The Balaban J connectivity index is 0.00000225. The molecule has 0 spiro atoms. The molecule has 2 heterocycles. The SMILES string of the molecule is Cc1ccc(C(=O)N2CCCC2CN)cc1NC(=O)c1ccco1.Cl. The number of nitrogens with two attached hydrogens (primary N) is 1. The first kappa shape index (κ1) is 19.0. The summed E-state index contributed by atoms with van der Waals surface area (Å²) in [4.78, 5) is 26.7. The zero-order chi connectivity index (χ0) is 17.1. The number of amides is 2. The van der Waals surface area contributed by atoms with E-state index < -0.39 is 0 Å². The predicted molar refractivity (Wildman–Crippen MR) is 98.2 cm³/mol. The van der Waals surface area contributed by atoms with Gasteiger partial charge in [-0.05, 0) is 49.6 Å². The van der Waals surface area contributed by atoms with E-state index in [9.17, 15) is 9.59 Å². The number of hydrogen-bond acceptors (Lipinski definition) is 4. The highest BCUT2D eigenvalue weighted by atomic mass is 35.5. The van der Waals surface area contributed by atoms with Gasteiger partial charge in [0.05, 0.1) is 6.26 Å². The Bertz CT molecular complexity index is 746. The number of likely N-dealkylation sites (tertiary alicyclic amines) is 1. The van der Waals surface area contributed by atoms with Gasteiger partial charge in [0.15, 0.2) is 5.76 Å². The molecular formula is C18H22ClN3O3. The minimum absolute atomic E-state index is 0. The third kappa shape index (κ3) is 4.03. The van der Waals surface area contributed by atoms with Crippen LogP contribution in [0.5, 0.6) is 0 Å². The molecule has 1 unspecified atom stereocenters. The summed E-state index contributed by atoms with van der Waals surface area (Å²) in [6.45, 7) is 3.08. The van der Waals surface area contributed by atoms with E-state index in [1.54, 1.807) is 24.3 Å². The van der Waals surface area contributed by atoms with Crippen molar-refractivity contribution in [1.29, 1.82) is 0 Å². The van der Waals surface area contributed by atoms with E-state index in [4.69, 9.17) is 10.2 Å². The Hall–Kier alpha value is -2.31. The number of aryl methyl sites for hydroxylation is 1. The van der Waals surface area contributed by atoms with Gasteiger partial charge in [-0.3, -0.25) is 9.59 Å². The van der Waals surface area contributed by atoms with E-state index in [0.29, 0.717) is 17.8 Å². The molecule has 3 N–H and O–H groups in total. The fraction of sp³-hybridized carbons (Fsp3) is 0.333. The second-order valence-corrected chi connectivity index (χ2v) is 5.99. The summed E-state index contributed by atoms with van der Waals surface area (Å²) in [7, 11) is 0. The molecule has 1 aliphatic heterocycles. The summed E-state index contributed by atoms with van der Waals surface area (Å²) in [5.41, 5.74) is 7.79. The summed E-state index contributed by atoms with van der Waals surface area (Å²) in [5, 5.41) is 2.80. The number of rotatable bonds is 4. The Morgan fingerprint density at radius 2 is 2.16 bits per heavy atom. The molecule has 134 valence electrons. The molecule has 0 radical (unpaired) electrons. The summed E-state index contributed by atoms with van der Waals surface area (Å²) in [6, 6.07) is 8.67. The summed E-state index contributed by atoms with van der Waals surface area (Å²) in [6.07, 6.45) is 3.36. The molecule has 6 nitrogen and oxygen atoms in total. The van der Waals surface area contributed by atoms with Crippen molar-refractivity contribution < 1.29 is 14.0 Å². The maximum atomic E-state index is 12.7. The van der Waals surface area contributed by atoms with Gasteiger partial charge in [0, 0.05) is 30.4 Å². The van der Waals surface area contributed by atoms with Crippen molar-refractivity contribution in [3.05, 3.63) is 53.5 Å². The third-order valence-electron chi connectivity index (χ3n) is 4.39. The maximum Gasteiger partial charge on any atom is 0.291 e. The lowest BCUT2D eigenvalue weighted by Crippen LogP contribution is -2.39. The van der Waals surface area contributed by atoms with Crippen LogP contribution in [0.1, 0.15) is 39.3 Å². The maximum absolute atomic E-state index is 12.7. The van der Waals surface area contributed by atoms with Crippen molar-refractivity contribution in [1.82, 2.24) is 4.90 Å². The van der Waals surface area contributed by atoms with Gasteiger partial charge >= 0.3 is 0 Å². The first-order valence-corrected chi connectivity index (χ1v) is 8.06. The molecule has 1 aromatic carbocycles. The average Bonchev–Trinajstić information content (AvgIpc) is 3.27. The number of hydrogen-bond donors (Lipinski definition) is 2. The van der Waals surface area contributed by atoms with E-state index in [1.807, 2.05) is 17.9 Å². The van der Waals surface area contributed by atoms with E-state index in [2.05, 4.69) is 5.32 Å². The smallest absolute Gasteiger partial charge is 0.291 e. The van der Waals surface area contributed by atoms with Crippen LogP contribution in [0, 0.1) is 6.92 Å². The second kappa shape index (κ2) is 8.18. The van der Waals surface area contributed by atoms with Crippen LogP contribution in [0.25, 0.3) is 0 Å². The van der Waals surface area contributed by atoms with Crippen LogP contribution in [0.3, 0.4) is 0 Å². The lowest BCUT2D eigenvalue weighted by molar-refractivity contribution is 0.0741. The number of nitrogens with one attached hydrogen (secondary N) is 1. The highest BCUT2D eigenvalue weighted by Crippen LogP contribution is 2.23. The number of carbonyl (C=O) groups excluding carboxylic acids is 2. The quantitative estimate of drug-likeness (QED) is 0.874. The highest BCUT2D eigenvalue weighted by Gasteiger charge is 2.28. The molecule has 1 fully saturated rings. The fourth-order valence-electron chi connectivity index (χ4n) is 3.00. The molecule has 1 atom stereocenters. The number of anilines is 1. The van der Waals surface area contributed by atoms with Crippen LogP contribution in [0.15, 0.2) is 41.0 Å². The van der Waals surface area contributed by atoms with Crippen LogP contribution in [0.4, 0.5) is 5.69 Å². The monoisotopic (exact) mass is 363 g/mol. The van der Waals surface area contributed by atoms with Gasteiger partial charge in [0.2, 0.25) is 0 Å². The molecule has 0 bridgehead atoms. The first-order chi connectivity index (χ1) is 11.6. The van der Waals surface area contributed by atoms with Crippen LogP contribution in [-0.2, 0) is 0 Å². The molecule has 25 heavy (non-hydrogen) atoms. The predicted octanol–water partition coefficient (Wildman–Crippen LogP) is 2.83. The van der Waals surface area contributed by atoms with Gasteiger partial charge < -0.3 is 20.4 Å². The molecule has 1 aromatic heterocycles. The first-order valence-electron chi connectivity index (χ1n) is 8.06. The zero-order valence-electron chi connectivity index (χ0n) is 14.0. The van der Waals surface area contributed by atoms with Crippen LogP contribution in [0.2, 0.25) is 0 Å². The lowest BCUT2D eigenvalue weighted by Gasteiger charge is -2.24. The highest BCUT2D eigenvalue weighted by molar-refractivity contribution is 6.04. The zero-order valence-corrected chi connectivity index (χ0v) is 14.8. The molecule has 2 amide bonds. The van der Waals surface area contributed by atoms with Crippen molar-refractivity contribution >= 4 is 29.9 Å². The number of carbonyl (C=O) groups is 2. The van der Waals surface area contributed by atoms with Gasteiger partial charge in [-0.15, -0.1) is 12.4 Å². The Labute approximate surface area is 152 Å². The van der Waals surface area contributed by atoms with E-state index in [-0.39, 0.29) is 36.0 Å². The largest absolute Gasteiger partial charge is 0.459 e. The molecule has 2 aromatic rings. The number of benzene rings is 1. The summed E-state index contributed by atoms with van der Waals surface area (Å²) in [5.74, 6) is -0.154. The normalized spacial score (nSPS) is 16.4. The second-order valence-electron chi connectivity index (χ2n) is 5.99. The van der Waals surface area contributed by atoms with Crippen molar-refractivity contribution in [3.63, 3.8) is 0 Å². The Kier molecular flexibility index (Phi) is 6.22. The van der Waals surface area contributed by atoms with E-state index >= 15 is 0 Å². The van der Waals surface area contributed by atoms with Crippen LogP contribution < -0.4 is 11.1 Å². The fourth-order valence-corrected chi connectivity index (χ4v) is 3.00. The van der Waals surface area contributed by atoms with Gasteiger partial charge in [-0.2, -0.15) is 0 Å². The lowest BCUT2D eigenvalue weighted by atomic mass is 10.1. The molecule has 1 saturated heterocycles. The number of halogens is 1. The van der Waals surface area contributed by atoms with Gasteiger partial charge in [0.1, 0.15) is 0 Å². The number of furan rings is 1. The standard InChI is InChI=1S/C18H21N3O3.ClH/c1-12-6-7-13(18(23)21-8-2-4-14(21)11-19)10-15(12)20-17(22)16-5-3-9-24-16;/h3,5-7,9-10,14H,2,4,8,11,19H2,1H3,(H,20,22);1H. The van der Waals surface area contributed by atoms with Gasteiger partial charge in [-0.1, -0.05) is 6.07 Å². The molecule has 3 rings (SSSR count). The third-order valence-corrected chi connectivity index (χ3v) is 4.39. The molecular weight excluding hydrogens is 342 g/mol. The molecule has 1 aliphatic rings. The molecule has 0 saturated carbocycles. The minimum Gasteiger partial charge on any atom is -0.459 e. The van der Waals surface area contributed by atoms with Crippen molar-refractivity contribution in [2.45, 2.75) is 25.8 Å². The van der Waals surface area contributed by atoms with Crippen molar-refractivity contribution in [3.8, 4) is 0 Å². The van der Waals surface area contributed by atoms with Gasteiger partial charge in [0.25, 0.3) is 11.8 Å². The average molecular weight is 364 g/mol. The van der Waals surface area contributed by atoms with Crippen molar-refractivity contribution in [2.75, 3.05) is 18.4 Å². The summed E-state index contributed by atoms with van der Waals surface area (Å²) >= 11 is 0.